The number of carbonyl (C=O) groups is 1. The Bertz CT molecular complexity index is 731. The van der Waals surface area contributed by atoms with Crippen LogP contribution in [0.2, 0.25) is 5.02 Å². The van der Waals surface area contributed by atoms with Gasteiger partial charge in [0.25, 0.3) is 5.91 Å². The summed E-state index contributed by atoms with van der Waals surface area (Å²) in [5.74, 6) is 2.05. The van der Waals surface area contributed by atoms with E-state index in [9.17, 15) is 4.79 Å². The van der Waals surface area contributed by atoms with Crippen LogP contribution >= 0.6 is 23.4 Å². The van der Waals surface area contributed by atoms with E-state index in [2.05, 4.69) is 0 Å². The summed E-state index contributed by atoms with van der Waals surface area (Å²) in [6.45, 7) is 0.695. The Hall–Kier alpha value is -1.85. The predicted molar refractivity (Wildman–Crippen MR) is 97.2 cm³/mol. The van der Waals surface area contributed by atoms with E-state index in [1.165, 1.54) is 0 Å². The third kappa shape index (κ3) is 3.47. The minimum absolute atomic E-state index is 0.0339. The van der Waals surface area contributed by atoms with Crippen molar-refractivity contribution in [3.05, 3.63) is 58.6 Å². The van der Waals surface area contributed by atoms with Gasteiger partial charge in [0.15, 0.2) is 0 Å². The molecular weight excluding hydrogens is 346 g/mol. The summed E-state index contributed by atoms with van der Waals surface area (Å²) in [5.41, 5.74) is 1.59. The Kier molecular flexibility index (Phi) is 5.21. The highest BCUT2D eigenvalue weighted by Crippen LogP contribution is 2.39. The fraction of sp³-hybridized carbons (Fsp3) is 0.278. The number of ether oxygens (including phenoxy) is 2. The molecule has 0 N–H and O–H groups in total. The van der Waals surface area contributed by atoms with Gasteiger partial charge in [0, 0.05) is 29.0 Å². The minimum Gasteiger partial charge on any atom is -0.497 e. The second-order valence-corrected chi connectivity index (χ2v) is 7.00. The van der Waals surface area contributed by atoms with Crippen molar-refractivity contribution in [3.63, 3.8) is 0 Å². The second-order valence-electron chi connectivity index (χ2n) is 5.38. The van der Waals surface area contributed by atoms with E-state index in [1.807, 2.05) is 29.2 Å². The zero-order chi connectivity index (χ0) is 17.1. The van der Waals surface area contributed by atoms with Crippen molar-refractivity contribution in [2.75, 3.05) is 26.5 Å². The molecule has 1 aliphatic heterocycles. The van der Waals surface area contributed by atoms with E-state index in [0.29, 0.717) is 28.6 Å². The Labute approximate surface area is 150 Å². The van der Waals surface area contributed by atoms with Gasteiger partial charge in [-0.3, -0.25) is 4.79 Å². The van der Waals surface area contributed by atoms with Gasteiger partial charge >= 0.3 is 0 Å². The lowest BCUT2D eigenvalue weighted by molar-refractivity contribution is 0.0759. The summed E-state index contributed by atoms with van der Waals surface area (Å²) in [7, 11) is 3.15. The third-order valence-electron chi connectivity index (χ3n) is 3.88. The topological polar surface area (TPSA) is 38.8 Å². The Morgan fingerprint density at radius 2 is 1.88 bits per heavy atom. The van der Waals surface area contributed by atoms with Gasteiger partial charge < -0.3 is 14.4 Å². The van der Waals surface area contributed by atoms with E-state index in [1.54, 1.807) is 44.2 Å². The minimum atomic E-state index is -0.0397. The van der Waals surface area contributed by atoms with Crippen LogP contribution in [-0.4, -0.2) is 37.3 Å². The largest absolute Gasteiger partial charge is 0.497 e. The predicted octanol–water partition coefficient (Wildman–Crippen LogP) is 4.25. The monoisotopic (exact) mass is 363 g/mol. The smallest absolute Gasteiger partial charge is 0.255 e. The zero-order valence-corrected chi connectivity index (χ0v) is 15.1. The van der Waals surface area contributed by atoms with Crippen LogP contribution < -0.4 is 9.47 Å². The highest BCUT2D eigenvalue weighted by Gasteiger charge is 2.31. The van der Waals surface area contributed by atoms with Gasteiger partial charge in [0.05, 0.1) is 14.2 Å². The molecule has 1 saturated heterocycles. The maximum absolute atomic E-state index is 13.0. The molecule has 3 rings (SSSR count). The number of carbonyl (C=O) groups excluding carboxylic acids is 1. The number of hydrogen-bond acceptors (Lipinski definition) is 4. The first-order valence-corrected chi connectivity index (χ1v) is 8.96. The van der Waals surface area contributed by atoms with Crippen LogP contribution in [0.25, 0.3) is 0 Å². The lowest BCUT2D eigenvalue weighted by Crippen LogP contribution is -2.30. The average molecular weight is 364 g/mol. The van der Waals surface area contributed by atoms with Gasteiger partial charge in [0.2, 0.25) is 0 Å². The Morgan fingerprint density at radius 1 is 1.17 bits per heavy atom. The number of hydrogen-bond donors (Lipinski definition) is 0. The number of nitrogens with zero attached hydrogens (tertiary/aromatic N) is 1. The number of benzene rings is 2. The van der Waals surface area contributed by atoms with E-state index in [4.69, 9.17) is 21.1 Å². The molecule has 0 spiro atoms. The van der Waals surface area contributed by atoms with Gasteiger partial charge in [0.1, 0.15) is 16.9 Å². The molecule has 0 aromatic heterocycles. The Morgan fingerprint density at radius 3 is 2.50 bits per heavy atom. The van der Waals surface area contributed by atoms with Crippen molar-refractivity contribution in [1.29, 1.82) is 0 Å². The van der Waals surface area contributed by atoms with Crippen molar-refractivity contribution in [3.8, 4) is 11.5 Å². The molecule has 1 atom stereocenters. The highest BCUT2D eigenvalue weighted by atomic mass is 35.5. The molecule has 4 nitrogen and oxygen atoms in total. The first-order valence-electron chi connectivity index (χ1n) is 7.53. The van der Waals surface area contributed by atoms with E-state index in [-0.39, 0.29) is 11.3 Å². The molecular formula is C18H18ClNO3S. The van der Waals surface area contributed by atoms with Crippen LogP contribution in [0.4, 0.5) is 0 Å². The number of rotatable bonds is 4. The molecule has 0 bridgehead atoms. The van der Waals surface area contributed by atoms with Crippen LogP contribution in [0.1, 0.15) is 21.3 Å². The zero-order valence-electron chi connectivity index (χ0n) is 13.5. The molecule has 1 unspecified atom stereocenters. The maximum atomic E-state index is 13.0. The molecule has 0 radical (unpaired) electrons. The highest BCUT2D eigenvalue weighted by molar-refractivity contribution is 7.99. The van der Waals surface area contributed by atoms with Gasteiger partial charge in [-0.2, -0.15) is 0 Å². The van der Waals surface area contributed by atoms with Crippen LogP contribution in [0.15, 0.2) is 42.5 Å². The molecule has 2 aromatic rings. The summed E-state index contributed by atoms with van der Waals surface area (Å²) in [4.78, 5) is 14.9. The quantitative estimate of drug-likeness (QED) is 0.814. The average Bonchev–Trinajstić information content (AvgIpc) is 3.10. The standard InChI is InChI=1S/C18H18ClNO3S/c1-22-15-9-13(10-16(11-15)23-2)17(21)20-6-7-24-18(20)12-4-3-5-14(19)8-12/h3-5,8-11,18H,6-7H2,1-2H3. The molecule has 1 fully saturated rings. The maximum Gasteiger partial charge on any atom is 0.255 e. The van der Waals surface area contributed by atoms with Crippen LogP contribution in [0, 0.1) is 0 Å². The van der Waals surface area contributed by atoms with Crippen LogP contribution in [-0.2, 0) is 0 Å². The summed E-state index contributed by atoms with van der Waals surface area (Å²) < 4.78 is 10.5. The van der Waals surface area contributed by atoms with Crippen molar-refractivity contribution in [2.24, 2.45) is 0 Å². The third-order valence-corrected chi connectivity index (χ3v) is 5.38. The van der Waals surface area contributed by atoms with Crippen molar-refractivity contribution in [1.82, 2.24) is 4.90 Å². The summed E-state index contributed by atoms with van der Waals surface area (Å²) in [5, 5.41) is 0.642. The molecule has 1 heterocycles. The van der Waals surface area contributed by atoms with E-state index in [0.717, 1.165) is 11.3 Å². The SMILES string of the molecule is COc1cc(OC)cc(C(=O)N2CCSC2c2cccc(Cl)c2)c1. The lowest BCUT2D eigenvalue weighted by atomic mass is 10.1. The molecule has 6 heteroatoms. The van der Waals surface area contributed by atoms with E-state index < -0.39 is 0 Å². The normalized spacial score (nSPS) is 17.0. The summed E-state index contributed by atoms with van der Waals surface area (Å²) in [6, 6.07) is 12.9. The van der Waals surface area contributed by atoms with Crippen LogP contribution in [0.5, 0.6) is 11.5 Å². The molecule has 24 heavy (non-hydrogen) atoms. The van der Waals surface area contributed by atoms with Crippen LogP contribution in [0.3, 0.4) is 0 Å². The molecule has 1 amide bonds. The van der Waals surface area contributed by atoms with Crippen molar-refractivity contribution in [2.45, 2.75) is 5.37 Å². The number of amides is 1. The summed E-state index contributed by atoms with van der Waals surface area (Å²) >= 11 is 7.84. The number of methoxy groups -OCH3 is 2. The van der Waals surface area contributed by atoms with E-state index >= 15 is 0 Å². The molecule has 0 saturated carbocycles. The second kappa shape index (κ2) is 7.36. The molecule has 2 aromatic carbocycles. The fourth-order valence-corrected chi connectivity index (χ4v) is 4.16. The summed E-state index contributed by atoms with van der Waals surface area (Å²) in [6.07, 6.45) is 0. The van der Waals surface area contributed by atoms with Gasteiger partial charge in [-0.25, -0.2) is 0 Å². The van der Waals surface area contributed by atoms with Crippen molar-refractivity contribution >= 4 is 29.3 Å². The lowest BCUT2D eigenvalue weighted by Gasteiger charge is -2.24. The van der Waals surface area contributed by atoms with Gasteiger partial charge in [-0.05, 0) is 29.8 Å². The van der Waals surface area contributed by atoms with Crippen molar-refractivity contribution < 1.29 is 14.3 Å². The number of halogens is 1. The fourth-order valence-electron chi connectivity index (χ4n) is 2.71. The first kappa shape index (κ1) is 17.0. The molecule has 126 valence electrons. The Balaban J connectivity index is 1.91. The first-order chi connectivity index (χ1) is 11.6. The molecule has 1 aliphatic rings. The van der Waals surface area contributed by atoms with Gasteiger partial charge in [-0.15, -0.1) is 11.8 Å². The number of thioether (sulfide) groups is 1. The molecule has 0 aliphatic carbocycles. The van der Waals surface area contributed by atoms with Gasteiger partial charge in [-0.1, -0.05) is 23.7 Å².